The largest absolute Gasteiger partial charge is 0.341 e. The standard InChI is InChI=1S/C14H10F2INO3S/c15-14(16)22(20,21)12-6-4-9(5-7-12)13(19)18-11-3-1-2-10(17)8-11/h1-8,14H,(H,18,19). The molecule has 22 heavy (non-hydrogen) atoms. The summed E-state index contributed by atoms with van der Waals surface area (Å²) in [4.78, 5) is 11.5. The lowest BCUT2D eigenvalue weighted by Gasteiger charge is -2.07. The number of anilines is 1. The molecule has 1 amide bonds. The van der Waals surface area contributed by atoms with Gasteiger partial charge in [0.1, 0.15) is 0 Å². The molecule has 0 heterocycles. The summed E-state index contributed by atoms with van der Waals surface area (Å²) in [5.41, 5.74) is 0.758. The van der Waals surface area contributed by atoms with E-state index in [4.69, 9.17) is 0 Å². The van der Waals surface area contributed by atoms with Crippen LogP contribution in [0.2, 0.25) is 0 Å². The number of carbonyl (C=O) groups excluding carboxylic acids is 1. The molecule has 1 N–H and O–H groups in total. The number of alkyl halides is 2. The summed E-state index contributed by atoms with van der Waals surface area (Å²) in [7, 11) is -4.65. The Kier molecular flexibility index (Phi) is 5.12. The molecule has 0 radical (unpaired) electrons. The van der Waals surface area contributed by atoms with Gasteiger partial charge in [-0.3, -0.25) is 4.79 Å². The van der Waals surface area contributed by atoms with Crippen molar-refractivity contribution in [1.82, 2.24) is 0 Å². The van der Waals surface area contributed by atoms with E-state index >= 15 is 0 Å². The van der Waals surface area contributed by atoms with Gasteiger partial charge in [0.2, 0.25) is 9.84 Å². The first kappa shape index (κ1) is 16.8. The van der Waals surface area contributed by atoms with Gasteiger partial charge in [-0.05, 0) is 65.1 Å². The van der Waals surface area contributed by atoms with E-state index in [2.05, 4.69) is 27.9 Å². The molecular weight excluding hydrogens is 427 g/mol. The number of rotatable bonds is 4. The molecule has 0 aliphatic carbocycles. The van der Waals surface area contributed by atoms with Gasteiger partial charge in [-0.15, -0.1) is 0 Å². The van der Waals surface area contributed by atoms with E-state index in [1.54, 1.807) is 18.2 Å². The summed E-state index contributed by atoms with van der Waals surface area (Å²) in [5.74, 6) is -3.94. The Morgan fingerprint density at radius 1 is 1.09 bits per heavy atom. The molecular formula is C14H10F2INO3S. The Balaban J connectivity index is 2.19. The molecule has 0 atom stereocenters. The number of sulfone groups is 1. The fourth-order valence-electron chi connectivity index (χ4n) is 1.67. The minimum Gasteiger partial charge on any atom is -0.322 e. The van der Waals surface area contributed by atoms with Crippen molar-refractivity contribution in [2.45, 2.75) is 10.7 Å². The van der Waals surface area contributed by atoms with Crippen LogP contribution in [-0.4, -0.2) is 20.1 Å². The molecule has 0 fully saturated rings. The molecule has 0 saturated heterocycles. The van der Waals surface area contributed by atoms with E-state index < -0.39 is 26.4 Å². The van der Waals surface area contributed by atoms with Crippen molar-refractivity contribution in [3.63, 3.8) is 0 Å². The second-order valence-corrected chi connectivity index (χ2v) is 7.46. The molecule has 0 aliphatic rings. The zero-order valence-corrected chi connectivity index (χ0v) is 13.9. The maximum atomic E-state index is 12.4. The smallest absolute Gasteiger partial charge is 0.322 e. The second kappa shape index (κ2) is 6.69. The van der Waals surface area contributed by atoms with E-state index in [0.717, 1.165) is 15.7 Å². The van der Waals surface area contributed by atoms with E-state index in [9.17, 15) is 22.0 Å². The van der Waals surface area contributed by atoms with Crippen molar-refractivity contribution < 1.29 is 22.0 Å². The highest BCUT2D eigenvalue weighted by Gasteiger charge is 2.26. The average Bonchev–Trinajstić information content (AvgIpc) is 2.47. The van der Waals surface area contributed by atoms with Gasteiger partial charge in [-0.25, -0.2) is 8.42 Å². The molecule has 4 nitrogen and oxygen atoms in total. The van der Waals surface area contributed by atoms with E-state index in [1.807, 2.05) is 6.07 Å². The molecule has 0 bridgehead atoms. The number of nitrogens with one attached hydrogen (secondary N) is 1. The third-order valence-electron chi connectivity index (χ3n) is 2.76. The highest BCUT2D eigenvalue weighted by atomic mass is 127. The molecule has 0 unspecified atom stereocenters. The molecule has 0 aliphatic heterocycles. The van der Waals surface area contributed by atoms with Crippen molar-refractivity contribution in [3.05, 3.63) is 57.7 Å². The lowest BCUT2D eigenvalue weighted by Crippen LogP contribution is -2.14. The maximum absolute atomic E-state index is 12.4. The summed E-state index contributed by atoms with van der Waals surface area (Å²) in [6.45, 7) is 0. The predicted octanol–water partition coefficient (Wildman–Crippen LogP) is 3.54. The first-order chi connectivity index (χ1) is 10.3. The third-order valence-corrected chi connectivity index (χ3v) is 4.83. The second-order valence-electron chi connectivity index (χ2n) is 4.29. The quantitative estimate of drug-likeness (QED) is 0.745. The van der Waals surface area contributed by atoms with Crippen LogP contribution in [0.25, 0.3) is 0 Å². The normalized spacial score (nSPS) is 11.5. The van der Waals surface area contributed by atoms with Crippen molar-refractivity contribution in [1.29, 1.82) is 0 Å². The topological polar surface area (TPSA) is 63.2 Å². The van der Waals surface area contributed by atoms with Gasteiger partial charge in [0.05, 0.1) is 4.90 Å². The van der Waals surface area contributed by atoms with Gasteiger partial charge < -0.3 is 5.32 Å². The molecule has 0 saturated carbocycles. The fraction of sp³-hybridized carbons (Fsp3) is 0.0714. The predicted molar refractivity (Wildman–Crippen MR) is 86.7 cm³/mol. The maximum Gasteiger partial charge on any atom is 0.341 e. The van der Waals surface area contributed by atoms with Crippen LogP contribution in [0.4, 0.5) is 14.5 Å². The lowest BCUT2D eigenvalue weighted by atomic mass is 10.2. The Labute approximate surface area is 139 Å². The van der Waals surface area contributed by atoms with Gasteiger partial charge in [-0.1, -0.05) is 6.07 Å². The van der Waals surface area contributed by atoms with E-state index in [0.29, 0.717) is 5.69 Å². The molecule has 2 aromatic rings. The number of hydrogen-bond acceptors (Lipinski definition) is 3. The first-order valence-electron chi connectivity index (χ1n) is 6.00. The first-order valence-corrected chi connectivity index (χ1v) is 8.62. The molecule has 0 aromatic heterocycles. The van der Waals surface area contributed by atoms with Crippen LogP contribution in [0.5, 0.6) is 0 Å². The van der Waals surface area contributed by atoms with E-state index in [-0.39, 0.29) is 5.56 Å². The molecule has 2 rings (SSSR count). The van der Waals surface area contributed by atoms with Gasteiger partial charge in [0.25, 0.3) is 5.91 Å². The van der Waals surface area contributed by atoms with Crippen LogP contribution in [0, 0.1) is 3.57 Å². The van der Waals surface area contributed by atoms with Gasteiger partial charge in [0.15, 0.2) is 0 Å². The minimum absolute atomic E-state index is 0.173. The molecule has 8 heteroatoms. The van der Waals surface area contributed by atoms with Crippen molar-refractivity contribution >= 4 is 44.0 Å². The summed E-state index contributed by atoms with van der Waals surface area (Å²) in [5, 5.41) is 2.64. The van der Waals surface area contributed by atoms with Crippen LogP contribution < -0.4 is 5.32 Å². The number of amides is 1. The number of benzene rings is 2. The van der Waals surface area contributed by atoms with Crippen molar-refractivity contribution in [3.8, 4) is 0 Å². The Bertz CT molecular complexity index is 792. The van der Waals surface area contributed by atoms with E-state index in [1.165, 1.54) is 12.1 Å². The minimum atomic E-state index is -4.65. The lowest BCUT2D eigenvalue weighted by molar-refractivity contribution is 0.102. The summed E-state index contributed by atoms with van der Waals surface area (Å²) in [6, 6.07) is 11.5. The number of carbonyl (C=O) groups is 1. The van der Waals surface area contributed by atoms with Gasteiger partial charge in [0, 0.05) is 14.8 Å². The van der Waals surface area contributed by atoms with Crippen molar-refractivity contribution in [2.24, 2.45) is 0 Å². The van der Waals surface area contributed by atoms with Gasteiger partial charge >= 0.3 is 5.76 Å². The Morgan fingerprint density at radius 2 is 1.73 bits per heavy atom. The van der Waals surface area contributed by atoms with Crippen LogP contribution in [0.1, 0.15) is 10.4 Å². The van der Waals surface area contributed by atoms with Crippen LogP contribution in [0.15, 0.2) is 53.4 Å². The number of hydrogen-bond donors (Lipinski definition) is 1. The molecule has 116 valence electrons. The highest BCUT2D eigenvalue weighted by Crippen LogP contribution is 2.19. The fourth-order valence-corrected chi connectivity index (χ4v) is 2.93. The summed E-state index contributed by atoms with van der Waals surface area (Å²) in [6.07, 6.45) is 0. The van der Waals surface area contributed by atoms with Crippen molar-refractivity contribution in [2.75, 3.05) is 5.32 Å². The average molecular weight is 437 g/mol. The Hall–Kier alpha value is -1.55. The highest BCUT2D eigenvalue weighted by molar-refractivity contribution is 14.1. The zero-order chi connectivity index (χ0) is 16.3. The molecule has 2 aromatic carbocycles. The molecule has 0 spiro atoms. The summed E-state index contributed by atoms with van der Waals surface area (Å²) >= 11 is 2.10. The third kappa shape index (κ3) is 3.80. The van der Waals surface area contributed by atoms with Crippen LogP contribution in [-0.2, 0) is 9.84 Å². The van der Waals surface area contributed by atoms with Crippen LogP contribution in [0.3, 0.4) is 0 Å². The summed E-state index contributed by atoms with van der Waals surface area (Å²) < 4.78 is 48.3. The van der Waals surface area contributed by atoms with Gasteiger partial charge in [-0.2, -0.15) is 8.78 Å². The van der Waals surface area contributed by atoms with Crippen LogP contribution >= 0.6 is 22.6 Å². The monoisotopic (exact) mass is 437 g/mol. The SMILES string of the molecule is O=C(Nc1cccc(I)c1)c1ccc(S(=O)(=O)C(F)F)cc1. The number of halogens is 3. The Morgan fingerprint density at radius 3 is 2.27 bits per heavy atom. The zero-order valence-electron chi connectivity index (χ0n) is 11.0.